The molecule has 0 heterocycles. The van der Waals surface area contributed by atoms with E-state index in [0.29, 0.717) is 31.4 Å². The molecule has 90 valence electrons. The molecule has 0 aliphatic rings. The zero-order valence-corrected chi connectivity index (χ0v) is 10.6. The van der Waals surface area contributed by atoms with Crippen molar-refractivity contribution in [3.63, 3.8) is 0 Å². The van der Waals surface area contributed by atoms with E-state index in [1.54, 1.807) is 7.11 Å². The lowest BCUT2D eigenvalue weighted by Gasteiger charge is -2.27. The van der Waals surface area contributed by atoms with E-state index in [0.717, 1.165) is 19.4 Å². The molecule has 0 aromatic heterocycles. The Hall–Kier alpha value is -0.410. The Morgan fingerprint density at radius 3 is 2.53 bits per heavy atom. The molecule has 1 unspecified atom stereocenters. The second-order valence-electron chi connectivity index (χ2n) is 4.01. The van der Waals surface area contributed by atoms with Crippen LogP contribution in [0.4, 0.5) is 0 Å². The van der Waals surface area contributed by atoms with Crippen molar-refractivity contribution in [3.05, 3.63) is 0 Å². The van der Waals surface area contributed by atoms with Crippen LogP contribution in [0, 0.1) is 0 Å². The molecule has 3 heteroatoms. The molecule has 0 rings (SSSR count). The summed E-state index contributed by atoms with van der Waals surface area (Å²) in [5.41, 5.74) is 0. The molecule has 0 aromatic rings. The van der Waals surface area contributed by atoms with Gasteiger partial charge in [-0.25, -0.2) is 0 Å². The number of nitrogens with zero attached hydrogens (tertiary/aromatic N) is 1. The Balaban J connectivity index is 4.04. The van der Waals surface area contributed by atoms with Gasteiger partial charge in [-0.3, -0.25) is 9.69 Å². The molecule has 1 atom stereocenters. The van der Waals surface area contributed by atoms with Crippen LogP contribution >= 0.6 is 0 Å². The number of methoxy groups -OCH3 is 1. The third-order valence-corrected chi connectivity index (χ3v) is 2.71. The smallest absolute Gasteiger partial charge is 0.146 e. The molecule has 0 aliphatic heterocycles. The van der Waals surface area contributed by atoms with Crippen LogP contribution in [0.3, 0.4) is 0 Å². The van der Waals surface area contributed by atoms with Gasteiger partial charge in [-0.15, -0.1) is 0 Å². The fraction of sp³-hybridized carbons (Fsp3) is 0.917. The lowest BCUT2D eigenvalue weighted by Crippen LogP contribution is -2.39. The van der Waals surface area contributed by atoms with Crippen molar-refractivity contribution < 1.29 is 9.53 Å². The van der Waals surface area contributed by atoms with E-state index < -0.39 is 0 Å². The molecule has 0 bridgehead atoms. The van der Waals surface area contributed by atoms with E-state index in [2.05, 4.69) is 18.7 Å². The highest BCUT2D eigenvalue weighted by atomic mass is 16.5. The quantitative estimate of drug-likeness (QED) is 0.590. The van der Waals surface area contributed by atoms with E-state index in [1.807, 2.05) is 6.92 Å². The fourth-order valence-electron chi connectivity index (χ4n) is 1.51. The number of hydrogen-bond donors (Lipinski definition) is 0. The first-order chi connectivity index (χ1) is 7.15. The van der Waals surface area contributed by atoms with Crippen molar-refractivity contribution in [1.82, 2.24) is 4.90 Å². The first-order valence-electron chi connectivity index (χ1n) is 5.90. The molecule has 0 amide bonds. The molecular formula is C12H25NO2. The molecule has 15 heavy (non-hydrogen) atoms. The average molecular weight is 215 g/mol. The summed E-state index contributed by atoms with van der Waals surface area (Å²) >= 11 is 0. The highest BCUT2D eigenvalue weighted by Crippen LogP contribution is 2.04. The minimum Gasteiger partial charge on any atom is -0.383 e. The first-order valence-corrected chi connectivity index (χ1v) is 5.90. The van der Waals surface area contributed by atoms with Gasteiger partial charge in [0.25, 0.3) is 0 Å². The van der Waals surface area contributed by atoms with E-state index >= 15 is 0 Å². The van der Waals surface area contributed by atoms with Gasteiger partial charge in [0.2, 0.25) is 0 Å². The molecule has 0 aliphatic carbocycles. The standard InChI is InChI=1S/C12H25NO2/c1-5-7-12(14)10-13(8-9-15-4)11(3)6-2/h11H,5-10H2,1-4H3. The van der Waals surface area contributed by atoms with Crippen LogP contribution in [0.2, 0.25) is 0 Å². The maximum atomic E-state index is 11.6. The lowest BCUT2D eigenvalue weighted by atomic mass is 10.1. The average Bonchev–Trinajstić information content (AvgIpc) is 2.23. The number of carbonyl (C=O) groups is 1. The van der Waals surface area contributed by atoms with Gasteiger partial charge in [-0.1, -0.05) is 13.8 Å². The molecule has 0 spiro atoms. The minimum absolute atomic E-state index is 0.342. The second-order valence-corrected chi connectivity index (χ2v) is 4.01. The van der Waals surface area contributed by atoms with Gasteiger partial charge < -0.3 is 4.74 Å². The summed E-state index contributed by atoms with van der Waals surface area (Å²) < 4.78 is 5.06. The lowest BCUT2D eigenvalue weighted by molar-refractivity contribution is -0.120. The number of Topliss-reactive ketones (excluding diaryl/α,β-unsaturated/α-hetero) is 1. The van der Waals surface area contributed by atoms with Crippen LogP contribution < -0.4 is 0 Å². The topological polar surface area (TPSA) is 29.5 Å². The molecule has 0 saturated carbocycles. The van der Waals surface area contributed by atoms with Crippen LogP contribution in [0.5, 0.6) is 0 Å². The number of ether oxygens (including phenoxy) is 1. The molecule has 3 nitrogen and oxygen atoms in total. The molecule has 0 radical (unpaired) electrons. The first kappa shape index (κ1) is 14.6. The Morgan fingerprint density at radius 1 is 1.40 bits per heavy atom. The summed E-state index contributed by atoms with van der Waals surface area (Å²) in [6.45, 7) is 8.47. The van der Waals surface area contributed by atoms with Crippen molar-refractivity contribution in [2.75, 3.05) is 26.8 Å². The van der Waals surface area contributed by atoms with Gasteiger partial charge in [0.15, 0.2) is 0 Å². The number of ketones is 1. The van der Waals surface area contributed by atoms with Crippen molar-refractivity contribution in [1.29, 1.82) is 0 Å². The van der Waals surface area contributed by atoms with Gasteiger partial charge in [0.05, 0.1) is 13.2 Å². The summed E-state index contributed by atoms with van der Waals surface area (Å²) in [6, 6.07) is 0.459. The zero-order chi connectivity index (χ0) is 11.7. The van der Waals surface area contributed by atoms with E-state index in [9.17, 15) is 4.79 Å². The van der Waals surface area contributed by atoms with Crippen LogP contribution in [-0.4, -0.2) is 43.5 Å². The van der Waals surface area contributed by atoms with Crippen molar-refractivity contribution in [2.45, 2.75) is 46.1 Å². The SMILES string of the molecule is CCCC(=O)CN(CCOC)C(C)CC. The van der Waals surface area contributed by atoms with Crippen molar-refractivity contribution in [2.24, 2.45) is 0 Å². The van der Waals surface area contributed by atoms with Crippen LogP contribution in [0.25, 0.3) is 0 Å². The van der Waals surface area contributed by atoms with Gasteiger partial charge in [0.1, 0.15) is 5.78 Å². The monoisotopic (exact) mass is 215 g/mol. The van der Waals surface area contributed by atoms with Crippen LogP contribution in [0.1, 0.15) is 40.0 Å². The number of carbonyl (C=O) groups excluding carboxylic acids is 1. The zero-order valence-electron chi connectivity index (χ0n) is 10.6. The maximum absolute atomic E-state index is 11.6. The highest BCUT2D eigenvalue weighted by Gasteiger charge is 2.14. The Morgan fingerprint density at radius 2 is 2.07 bits per heavy atom. The Labute approximate surface area is 93.8 Å². The van der Waals surface area contributed by atoms with E-state index in [4.69, 9.17) is 4.74 Å². The van der Waals surface area contributed by atoms with Crippen molar-refractivity contribution >= 4 is 5.78 Å². The third kappa shape index (κ3) is 6.63. The highest BCUT2D eigenvalue weighted by molar-refractivity contribution is 5.80. The van der Waals surface area contributed by atoms with Crippen molar-refractivity contribution in [3.8, 4) is 0 Å². The van der Waals surface area contributed by atoms with Crippen LogP contribution in [0.15, 0.2) is 0 Å². The minimum atomic E-state index is 0.342. The fourth-order valence-corrected chi connectivity index (χ4v) is 1.51. The van der Waals surface area contributed by atoms with E-state index in [1.165, 1.54) is 0 Å². The molecule has 0 saturated heterocycles. The van der Waals surface area contributed by atoms with Gasteiger partial charge in [-0.2, -0.15) is 0 Å². The molecular weight excluding hydrogens is 190 g/mol. The Bertz CT molecular complexity index is 171. The summed E-state index contributed by atoms with van der Waals surface area (Å²) in [6.07, 6.45) is 2.71. The number of rotatable bonds is 9. The largest absolute Gasteiger partial charge is 0.383 e. The summed E-state index contributed by atoms with van der Waals surface area (Å²) in [5.74, 6) is 0.342. The summed E-state index contributed by atoms with van der Waals surface area (Å²) in [4.78, 5) is 13.8. The van der Waals surface area contributed by atoms with Gasteiger partial charge in [0, 0.05) is 26.1 Å². The van der Waals surface area contributed by atoms with Gasteiger partial charge in [-0.05, 0) is 19.8 Å². The second kappa shape index (κ2) is 8.86. The van der Waals surface area contributed by atoms with E-state index in [-0.39, 0.29) is 0 Å². The predicted molar refractivity (Wildman–Crippen MR) is 63.1 cm³/mol. The maximum Gasteiger partial charge on any atom is 0.146 e. The third-order valence-electron chi connectivity index (χ3n) is 2.71. The molecule has 0 fully saturated rings. The molecule has 0 N–H and O–H groups in total. The van der Waals surface area contributed by atoms with Crippen LogP contribution in [-0.2, 0) is 9.53 Å². The molecule has 0 aromatic carbocycles. The predicted octanol–water partition coefficient (Wildman–Crippen LogP) is 2.10. The summed E-state index contributed by atoms with van der Waals surface area (Å²) in [5, 5.41) is 0. The van der Waals surface area contributed by atoms with Gasteiger partial charge >= 0.3 is 0 Å². The normalized spacial score (nSPS) is 13.1. The summed E-state index contributed by atoms with van der Waals surface area (Å²) in [7, 11) is 1.70. The number of hydrogen-bond acceptors (Lipinski definition) is 3. The Kier molecular flexibility index (Phi) is 8.62.